The zero-order chi connectivity index (χ0) is 53.6. The monoisotopic (exact) mass is 1040 g/mol. The van der Waals surface area contributed by atoms with Crippen LogP contribution in [0.5, 0.6) is 0 Å². The third-order valence-electron chi connectivity index (χ3n) is 12.7. The number of allylic oxidation sites excluding steroid dienone is 15. The lowest BCUT2D eigenvalue weighted by molar-refractivity contribution is -0.870. The lowest BCUT2D eigenvalue weighted by atomic mass is 10.0. The average Bonchev–Trinajstić information content (AvgIpc) is 3.35. The van der Waals surface area contributed by atoms with Crippen molar-refractivity contribution in [1.29, 1.82) is 0 Å². The van der Waals surface area contributed by atoms with Crippen LogP contribution in [0.3, 0.4) is 0 Å². The smallest absolute Gasteiger partial charge is 0.306 e. The SMILES string of the molecule is CC\C=C/C=C/C=C/C=C\C=C\C=C\CCCCCC(=O)OC(/C=C/CCCCCCCCCCCCC)C(COP(=O)([O-])OCC[N+](C)(C)C)NC(=O)CCCCCCCCC/C=C/CCCCCCCC. The summed E-state index contributed by atoms with van der Waals surface area (Å²) in [6.45, 7) is 6.65. The summed E-state index contributed by atoms with van der Waals surface area (Å²) in [6.07, 6.45) is 69.4. The first-order valence-electron chi connectivity index (χ1n) is 29.6. The number of unbranched alkanes of at least 4 members (excludes halogenated alkanes) is 27. The average molecular weight is 1040 g/mol. The fourth-order valence-corrected chi connectivity index (χ4v) is 8.80. The summed E-state index contributed by atoms with van der Waals surface area (Å²) < 4.78 is 30.2. The molecule has 0 aromatic rings. The van der Waals surface area contributed by atoms with Crippen molar-refractivity contribution < 1.29 is 37.3 Å². The molecule has 0 aromatic carbocycles. The summed E-state index contributed by atoms with van der Waals surface area (Å²) in [5.41, 5.74) is 0. The van der Waals surface area contributed by atoms with Crippen molar-refractivity contribution in [2.45, 2.75) is 251 Å². The second-order valence-electron chi connectivity index (χ2n) is 20.9. The summed E-state index contributed by atoms with van der Waals surface area (Å²) in [6, 6.07) is -0.914. The number of phosphoric acid groups is 1. The molecule has 0 heterocycles. The molecule has 0 aliphatic heterocycles. The Balaban J connectivity index is 5.45. The number of rotatable bonds is 52. The number of likely N-dealkylation sites (N-methyl/N-ethyl adjacent to an activating group) is 1. The van der Waals surface area contributed by atoms with Crippen molar-refractivity contribution >= 4 is 19.7 Å². The zero-order valence-electron chi connectivity index (χ0n) is 47.8. The maximum Gasteiger partial charge on any atom is 0.306 e. The van der Waals surface area contributed by atoms with Crippen LogP contribution in [0.2, 0.25) is 0 Å². The number of nitrogens with one attached hydrogen (secondary N) is 1. The van der Waals surface area contributed by atoms with Crippen LogP contribution >= 0.6 is 7.82 Å². The Labute approximate surface area is 449 Å². The van der Waals surface area contributed by atoms with Gasteiger partial charge in [-0.3, -0.25) is 14.2 Å². The number of esters is 1. The molecule has 0 radical (unpaired) electrons. The van der Waals surface area contributed by atoms with Crippen molar-refractivity contribution in [3.63, 3.8) is 0 Å². The normalized spacial score (nSPS) is 14.5. The third kappa shape index (κ3) is 53.6. The minimum absolute atomic E-state index is 0.0352. The standard InChI is InChI=1S/C63H111N2O7P/c1-7-10-13-16-19-22-25-28-30-32-34-37-40-43-46-49-52-55-62(66)64-60(59-71-73(68,69)70-58-57-65(4,5)6)61(54-51-48-45-42-39-36-27-24-21-18-15-12-9-3)72-63(67)56-53-50-47-44-41-38-35-33-31-29-26-23-20-17-14-11-8-2/h11,14,17,20,23,26,28-31,33,35,38,41,51,54,60-61H,7-10,12-13,15-16,18-19,21-22,24-25,27,32,34,36-37,39-40,42-50,52-53,55-59H2,1-6H3,(H-,64,66,68,69)/b14-11-,20-17+,26-23+,30-28+,31-29-,35-33+,41-38+,54-51+. The van der Waals surface area contributed by atoms with Gasteiger partial charge in [0.05, 0.1) is 33.8 Å². The van der Waals surface area contributed by atoms with E-state index in [0.29, 0.717) is 23.9 Å². The molecule has 0 fully saturated rings. The van der Waals surface area contributed by atoms with E-state index in [4.69, 9.17) is 13.8 Å². The quantitative estimate of drug-likeness (QED) is 0.0161. The van der Waals surface area contributed by atoms with E-state index in [2.05, 4.69) is 50.4 Å². The molecule has 0 aliphatic carbocycles. The molecule has 73 heavy (non-hydrogen) atoms. The molecular weight excluding hydrogens is 928 g/mol. The highest BCUT2D eigenvalue weighted by Crippen LogP contribution is 2.38. The number of quaternary nitrogens is 1. The van der Waals surface area contributed by atoms with Crippen LogP contribution in [0.25, 0.3) is 0 Å². The topological polar surface area (TPSA) is 114 Å². The van der Waals surface area contributed by atoms with Crippen LogP contribution in [-0.4, -0.2) is 69.4 Å². The number of nitrogens with zero attached hydrogens (tertiary/aromatic N) is 1. The van der Waals surface area contributed by atoms with Gasteiger partial charge in [-0.15, -0.1) is 0 Å². The number of ether oxygens (including phenoxy) is 1. The Morgan fingerprint density at radius 3 is 1.37 bits per heavy atom. The van der Waals surface area contributed by atoms with Crippen LogP contribution in [0, 0.1) is 0 Å². The maximum atomic E-state index is 13.5. The number of hydrogen-bond donors (Lipinski definition) is 1. The largest absolute Gasteiger partial charge is 0.756 e. The van der Waals surface area contributed by atoms with Gasteiger partial charge in [-0.2, -0.15) is 0 Å². The summed E-state index contributed by atoms with van der Waals surface area (Å²) in [5, 5.41) is 3.01. The second kappa shape index (κ2) is 52.4. The number of phosphoric ester groups is 1. The predicted octanol–water partition coefficient (Wildman–Crippen LogP) is 17.4. The van der Waals surface area contributed by atoms with Gasteiger partial charge in [-0.1, -0.05) is 247 Å². The Morgan fingerprint density at radius 1 is 0.493 bits per heavy atom. The summed E-state index contributed by atoms with van der Waals surface area (Å²) in [4.78, 5) is 39.9. The van der Waals surface area contributed by atoms with E-state index >= 15 is 0 Å². The van der Waals surface area contributed by atoms with Gasteiger partial charge in [0.1, 0.15) is 19.3 Å². The summed E-state index contributed by atoms with van der Waals surface area (Å²) in [7, 11) is 1.14. The molecular formula is C63H111N2O7P. The number of carbonyl (C=O) groups is 2. The van der Waals surface area contributed by atoms with Crippen molar-refractivity contribution in [2.75, 3.05) is 40.9 Å². The van der Waals surface area contributed by atoms with E-state index in [1.54, 1.807) is 0 Å². The fourth-order valence-electron chi connectivity index (χ4n) is 8.08. The van der Waals surface area contributed by atoms with E-state index < -0.39 is 26.6 Å². The Kier molecular flexibility index (Phi) is 50.2. The van der Waals surface area contributed by atoms with Crippen molar-refractivity contribution in [3.05, 3.63) is 97.2 Å². The molecule has 1 N–H and O–H groups in total. The van der Waals surface area contributed by atoms with Crippen LogP contribution in [0.1, 0.15) is 239 Å². The molecule has 3 atom stereocenters. The number of carbonyl (C=O) groups excluding carboxylic acids is 2. The van der Waals surface area contributed by atoms with Gasteiger partial charge >= 0.3 is 5.97 Å². The molecule has 9 nitrogen and oxygen atoms in total. The molecule has 0 saturated heterocycles. The van der Waals surface area contributed by atoms with Crippen molar-refractivity contribution in [1.82, 2.24) is 5.32 Å². The summed E-state index contributed by atoms with van der Waals surface area (Å²) in [5.74, 6) is -0.600. The number of hydrogen-bond acceptors (Lipinski definition) is 7. The first-order chi connectivity index (χ1) is 35.4. The lowest BCUT2D eigenvalue weighted by Gasteiger charge is -2.30. The highest BCUT2D eigenvalue weighted by Gasteiger charge is 2.27. The fraction of sp³-hybridized carbons (Fsp3) is 0.714. The van der Waals surface area contributed by atoms with Gasteiger partial charge in [0, 0.05) is 12.8 Å². The van der Waals surface area contributed by atoms with Gasteiger partial charge in [-0.25, -0.2) is 0 Å². The Bertz CT molecular complexity index is 1570. The minimum atomic E-state index is -4.71. The molecule has 0 saturated carbocycles. The van der Waals surface area contributed by atoms with Gasteiger partial charge < -0.3 is 28.5 Å². The molecule has 0 spiro atoms. The van der Waals surface area contributed by atoms with Crippen LogP contribution in [0.4, 0.5) is 0 Å². The van der Waals surface area contributed by atoms with Crippen LogP contribution in [-0.2, 0) is 27.9 Å². The molecule has 1 amide bonds. The molecule has 3 unspecified atom stereocenters. The second-order valence-corrected chi connectivity index (χ2v) is 22.3. The lowest BCUT2D eigenvalue weighted by Crippen LogP contribution is -2.47. The first-order valence-corrected chi connectivity index (χ1v) is 31.1. The molecule has 0 aromatic heterocycles. The summed E-state index contributed by atoms with van der Waals surface area (Å²) >= 11 is 0. The maximum absolute atomic E-state index is 13.5. The van der Waals surface area contributed by atoms with Crippen LogP contribution in [0.15, 0.2) is 97.2 Å². The Morgan fingerprint density at radius 2 is 0.890 bits per heavy atom. The highest BCUT2D eigenvalue weighted by molar-refractivity contribution is 7.45. The highest BCUT2D eigenvalue weighted by atomic mass is 31.2. The van der Waals surface area contributed by atoms with Crippen molar-refractivity contribution in [2.24, 2.45) is 0 Å². The van der Waals surface area contributed by atoms with Crippen LogP contribution < -0.4 is 10.2 Å². The first kappa shape index (κ1) is 69.9. The predicted molar refractivity (Wildman–Crippen MR) is 311 cm³/mol. The molecule has 10 heteroatoms. The van der Waals surface area contributed by atoms with Gasteiger partial charge in [0.15, 0.2) is 0 Å². The van der Waals surface area contributed by atoms with Gasteiger partial charge in [0.25, 0.3) is 7.82 Å². The van der Waals surface area contributed by atoms with Gasteiger partial charge in [0.2, 0.25) is 5.91 Å². The van der Waals surface area contributed by atoms with E-state index in [1.165, 1.54) is 122 Å². The molecule has 0 bridgehead atoms. The van der Waals surface area contributed by atoms with E-state index in [1.807, 2.05) is 94.1 Å². The van der Waals surface area contributed by atoms with E-state index in [0.717, 1.165) is 77.0 Å². The minimum Gasteiger partial charge on any atom is -0.756 e. The third-order valence-corrected chi connectivity index (χ3v) is 13.6. The Hall–Kier alpha value is -3.07. The molecule has 420 valence electrons. The van der Waals surface area contributed by atoms with E-state index in [9.17, 15) is 19.0 Å². The van der Waals surface area contributed by atoms with Gasteiger partial charge in [-0.05, 0) is 76.7 Å². The zero-order valence-corrected chi connectivity index (χ0v) is 48.7. The van der Waals surface area contributed by atoms with E-state index in [-0.39, 0.29) is 24.9 Å². The number of amides is 1. The molecule has 0 rings (SSSR count). The molecule has 0 aliphatic rings. The van der Waals surface area contributed by atoms with Crippen molar-refractivity contribution in [3.8, 4) is 0 Å².